The molecule has 0 aromatic heterocycles. The van der Waals surface area contributed by atoms with Gasteiger partial charge in [0.25, 0.3) is 0 Å². The Bertz CT molecular complexity index is 181. The molecule has 0 unspecified atom stereocenters. The van der Waals surface area contributed by atoms with Crippen LogP contribution in [0.1, 0.15) is 40.0 Å². The molecule has 2 aliphatic rings. The topological polar surface area (TPSA) is 0 Å². The molecule has 2 saturated carbocycles. The molecule has 2 bridgehead atoms. The van der Waals surface area contributed by atoms with E-state index in [9.17, 15) is 0 Å². The van der Waals surface area contributed by atoms with Gasteiger partial charge in [-0.25, -0.2) is 0 Å². The Morgan fingerprint density at radius 1 is 1.27 bits per heavy atom. The molecule has 0 aromatic carbocycles. The fourth-order valence-corrected chi connectivity index (χ4v) is 3.62. The van der Waals surface area contributed by atoms with E-state index in [1.165, 1.54) is 19.3 Å². The summed E-state index contributed by atoms with van der Waals surface area (Å²) < 4.78 is 0. The van der Waals surface area contributed by atoms with Gasteiger partial charge in [-0.15, -0.1) is 11.6 Å². The SMILES string of the molecule is CC1(C)[C@H]2CC[C@](C)(C2)[C@H]1Cl. The smallest absolute Gasteiger partial charge is 0.0443 e. The lowest BCUT2D eigenvalue weighted by atomic mass is 9.72. The van der Waals surface area contributed by atoms with Crippen LogP contribution < -0.4 is 0 Å². The predicted octanol–water partition coefficient (Wildman–Crippen LogP) is 3.44. The second-order valence-corrected chi connectivity index (χ2v) is 5.71. The predicted molar refractivity (Wildman–Crippen MR) is 48.9 cm³/mol. The molecule has 11 heavy (non-hydrogen) atoms. The van der Waals surface area contributed by atoms with Gasteiger partial charge in [-0.3, -0.25) is 0 Å². The molecule has 0 heterocycles. The molecule has 0 saturated heterocycles. The first kappa shape index (κ1) is 7.91. The Morgan fingerprint density at radius 2 is 1.91 bits per heavy atom. The van der Waals surface area contributed by atoms with Crippen molar-refractivity contribution in [3.05, 3.63) is 0 Å². The van der Waals surface area contributed by atoms with Crippen LogP contribution in [0.15, 0.2) is 0 Å². The molecule has 0 spiro atoms. The van der Waals surface area contributed by atoms with E-state index in [-0.39, 0.29) is 0 Å². The van der Waals surface area contributed by atoms with E-state index in [4.69, 9.17) is 11.6 Å². The van der Waals surface area contributed by atoms with E-state index < -0.39 is 0 Å². The largest absolute Gasteiger partial charge is 0.122 e. The van der Waals surface area contributed by atoms with Crippen molar-refractivity contribution in [3.8, 4) is 0 Å². The quantitative estimate of drug-likeness (QED) is 0.491. The monoisotopic (exact) mass is 172 g/mol. The first-order valence-electron chi connectivity index (χ1n) is 4.61. The first-order valence-corrected chi connectivity index (χ1v) is 5.04. The van der Waals surface area contributed by atoms with Gasteiger partial charge >= 0.3 is 0 Å². The Kier molecular flexibility index (Phi) is 1.41. The van der Waals surface area contributed by atoms with Crippen molar-refractivity contribution < 1.29 is 0 Å². The van der Waals surface area contributed by atoms with Crippen LogP contribution in [-0.4, -0.2) is 5.38 Å². The van der Waals surface area contributed by atoms with Crippen molar-refractivity contribution in [2.45, 2.75) is 45.4 Å². The maximum atomic E-state index is 6.44. The molecule has 2 rings (SSSR count). The molecule has 0 nitrogen and oxygen atoms in total. The lowest BCUT2D eigenvalue weighted by Gasteiger charge is -2.38. The van der Waals surface area contributed by atoms with Gasteiger partial charge in [-0.1, -0.05) is 20.8 Å². The van der Waals surface area contributed by atoms with Gasteiger partial charge in [0, 0.05) is 5.38 Å². The van der Waals surface area contributed by atoms with Crippen molar-refractivity contribution in [1.82, 2.24) is 0 Å². The van der Waals surface area contributed by atoms with Crippen LogP contribution in [0.4, 0.5) is 0 Å². The highest BCUT2D eigenvalue weighted by atomic mass is 35.5. The van der Waals surface area contributed by atoms with Gasteiger partial charge in [0.05, 0.1) is 0 Å². The molecule has 0 aromatic rings. The standard InChI is InChI=1S/C10H17Cl/c1-9(2)7-4-5-10(3,6-7)8(9)11/h7-8H,4-6H2,1-3H3/t7-,8-,10+/m0/s1. The fraction of sp³-hybridized carbons (Fsp3) is 1.00. The van der Waals surface area contributed by atoms with Gasteiger partial charge in [-0.2, -0.15) is 0 Å². The van der Waals surface area contributed by atoms with E-state index in [0.717, 1.165) is 5.92 Å². The summed E-state index contributed by atoms with van der Waals surface area (Å²) in [4.78, 5) is 0. The van der Waals surface area contributed by atoms with Gasteiger partial charge in [0.1, 0.15) is 0 Å². The zero-order valence-corrected chi connectivity index (χ0v) is 8.41. The number of halogens is 1. The average Bonchev–Trinajstić information content (AvgIpc) is 2.36. The van der Waals surface area contributed by atoms with Crippen LogP contribution in [0.5, 0.6) is 0 Å². The molecule has 64 valence electrons. The second-order valence-electron chi connectivity index (χ2n) is 5.28. The normalized spacial score (nSPS) is 53.5. The third kappa shape index (κ3) is 0.824. The van der Waals surface area contributed by atoms with Crippen LogP contribution in [0.2, 0.25) is 0 Å². The Hall–Kier alpha value is 0.290. The van der Waals surface area contributed by atoms with E-state index in [1.807, 2.05) is 0 Å². The molecule has 0 radical (unpaired) electrons. The van der Waals surface area contributed by atoms with E-state index in [2.05, 4.69) is 20.8 Å². The Labute approximate surface area is 74.3 Å². The first-order chi connectivity index (χ1) is 4.97. The summed E-state index contributed by atoms with van der Waals surface area (Å²) in [6, 6.07) is 0. The van der Waals surface area contributed by atoms with Crippen molar-refractivity contribution in [3.63, 3.8) is 0 Å². The van der Waals surface area contributed by atoms with Gasteiger partial charge in [0.2, 0.25) is 0 Å². The van der Waals surface area contributed by atoms with Gasteiger partial charge < -0.3 is 0 Å². The van der Waals surface area contributed by atoms with E-state index >= 15 is 0 Å². The lowest BCUT2D eigenvalue weighted by molar-refractivity contribution is 0.190. The average molecular weight is 173 g/mol. The summed E-state index contributed by atoms with van der Waals surface area (Å²) in [7, 11) is 0. The zero-order valence-electron chi connectivity index (χ0n) is 7.65. The third-order valence-corrected chi connectivity index (χ3v) is 5.18. The minimum atomic E-state index is 0.397. The van der Waals surface area contributed by atoms with Crippen molar-refractivity contribution >= 4 is 11.6 Å². The minimum absolute atomic E-state index is 0.397. The molecule has 1 heteroatoms. The van der Waals surface area contributed by atoms with Crippen molar-refractivity contribution in [1.29, 1.82) is 0 Å². The molecular formula is C10H17Cl. The number of hydrogen-bond donors (Lipinski definition) is 0. The van der Waals surface area contributed by atoms with Crippen LogP contribution in [0, 0.1) is 16.7 Å². The van der Waals surface area contributed by atoms with Crippen LogP contribution in [0.25, 0.3) is 0 Å². The third-order valence-electron chi connectivity index (χ3n) is 4.09. The molecule has 0 amide bonds. The second kappa shape index (κ2) is 1.96. The summed E-state index contributed by atoms with van der Waals surface area (Å²) in [6.07, 6.45) is 4.14. The minimum Gasteiger partial charge on any atom is -0.122 e. The zero-order chi connectivity index (χ0) is 8.28. The molecule has 0 aliphatic heterocycles. The molecule has 0 N–H and O–H groups in total. The van der Waals surface area contributed by atoms with E-state index in [0.29, 0.717) is 16.2 Å². The maximum Gasteiger partial charge on any atom is 0.0443 e. The van der Waals surface area contributed by atoms with Crippen molar-refractivity contribution in [2.75, 3.05) is 0 Å². The summed E-state index contributed by atoms with van der Waals surface area (Å²) in [5, 5.41) is 0.411. The molecule has 2 aliphatic carbocycles. The van der Waals surface area contributed by atoms with E-state index in [1.54, 1.807) is 0 Å². The maximum absolute atomic E-state index is 6.44. The van der Waals surface area contributed by atoms with Gasteiger partial charge in [-0.05, 0) is 36.0 Å². The summed E-state index contributed by atoms with van der Waals surface area (Å²) in [5.41, 5.74) is 0.865. The molecule has 2 fully saturated rings. The fourth-order valence-electron chi connectivity index (χ4n) is 3.24. The number of alkyl halides is 1. The molecule has 3 atom stereocenters. The Balaban J connectivity index is 2.34. The Morgan fingerprint density at radius 3 is 2.18 bits per heavy atom. The highest BCUT2D eigenvalue weighted by molar-refractivity contribution is 6.21. The highest BCUT2D eigenvalue weighted by Crippen LogP contribution is 2.64. The summed E-state index contributed by atoms with van der Waals surface area (Å²) in [5.74, 6) is 0.898. The van der Waals surface area contributed by atoms with Crippen LogP contribution in [0.3, 0.4) is 0 Å². The van der Waals surface area contributed by atoms with Crippen LogP contribution in [-0.2, 0) is 0 Å². The van der Waals surface area contributed by atoms with Gasteiger partial charge in [0.15, 0.2) is 0 Å². The lowest BCUT2D eigenvalue weighted by Crippen LogP contribution is -2.35. The highest BCUT2D eigenvalue weighted by Gasteiger charge is 2.58. The van der Waals surface area contributed by atoms with Crippen molar-refractivity contribution in [2.24, 2.45) is 16.7 Å². The number of rotatable bonds is 0. The van der Waals surface area contributed by atoms with Crippen LogP contribution >= 0.6 is 11.6 Å². The summed E-state index contributed by atoms with van der Waals surface area (Å²) >= 11 is 6.44. The number of hydrogen-bond acceptors (Lipinski definition) is 0. The molecular weight excluding hydrogens is 156 g/mol. The summed E-state index contributed by atoms with van der Waals surface area (Å²) in [6.45, 7) is 7.03. The number of fused-ring (bicyclic) bond motifs is 2.